The van der Waals surface area contributed by atoms with Crippen LogP contribution < -0.4 is 15.0 Å². The number of hydrogen-bond donors (Lipinski definition) is 1. The number of nitrogens with zero attached hydrogens (tertiary/aromatic N) is 3. The summed E-state index contributed by atoms with van der Waals surface area (Å²) in [6.07, 6.45) is 0. The molecule has 0 saturated heterocycles. The zero-order valence-electron chi connectivity index (χ0n) is 14.3. The van der Waals surface area contributed by atoms with Gasteiger partial charge in [0.1, 0.15) is 5.75 Å². The Balaban J connectivity index is 2.19. The van der Waals surface area contributed by atoms with Crippen LogP contribution in [0.15, 0.2) is 23.3 Å². The lowest BCUT2D eigenvalue weighted by atomic mass is 10.1. The molecule has 0 radical (unpaired) electrons. The van der Waals surface area contributed by atoms with Crippen LogP contribution in [0.2, 0.25) is 0 Å². The van der Waals surface area contributed by atoms with Gasteiger partial charge in [-0.15, -0.1) is 5.10 Å². The Kier molecular flexibility index (Phi) is 4.19. The van der Waals surface area contributed by atoms with E-state index in [0.717, 1.165) is 16.8 Å². The first kappa shape index (κ1) is 17.3. The lowest BCUT2D eigenvalue weighted by molar-refractivity contribution is -0.139. The molecule has 0 unspecified atom stereocenters. The molecule has 0 fully saturated rings. The van der Waals surface area contributed by atoms with Gasteiger partial charge in [0.2, 0.25) is 16.7 Å². The number of anilines is 1. The molecule has 1 aromatic rings. The predicted octanol–water partition coefficient (Wildman–Crippen LogP) is 1.22. The van der Waals surface area contributed by atoms with Crippen molar-refractivity contribution in [2.45, 2.75) is 25.6 Å². The molecule has 1 atom stereocenters. The molecule has 9 heteroatoms. The summed E-state index contributed by atoms with van der Waals surface area (Å²) >= 11 is 1.05. The Morgan fingerprint density at radius 2 is 2.08 bits per heavy atom. The second kappa shape index (κ2) is 6.07. The van der Waals surface area contributed by atoms with Crippen molar-refractivity contribution in [3.63, 3.8) is 0 Å². The summed E-state index contributed by atoms with van der Waals surface area (Å²) in [5.41, 5.74) is 1.31. The Hall–Kier alpha value is -2.55. The summed E-state index contributed by atoms with van der Waals surface area (Å²) in [4.78, 5) is 37.1. The quantitative estimate of drug-likeness (QED) is 0.854. The summed E-state index contributed by atoms with van der Waals surface area (Å²) in [5.74, 6) is -0.424. The predicted molar refractivity (Wildman–Crippen MR) is 94.1 cm³/mol. The molecular weight excluding hydrogens is 344 g/mol. The van der Waals surface area contributed by atoms with E-state index in [0.29, 0.717) is 23.5 Å². The number of hydrogen-bond acceptors (Lipinski definition) is 6. The SMILES string of the molecule is CCN1C(=O)[C@]2(SC(NC(C)=O)=NN2C(C)=O)c2cc(OC)ccc21. The third-order valence-corrected chi connectivity index (χ3v) is 5.27. The summed E-state index contributed by atoms with van der Waals surface area (Å²) in [6.45, 7) is 4.99. The van der Waals surface area contributed by atoms with E-state index in [1.54, 1.807) is 23.1 Å². The van der Waals surface area contributed by atoms with Crippen molar-refractivity contribution in [2.75, 3.05) is 18.6 Å². The van der Waals surface area contributed by atoms with Crippen LogP contribution in [0.1, 0.15) is 26.3 Å². The van der Waals surface area contributed by atoms with Crippen LogP contribution in [0, 0.1) is 0 Å². The third kappa shape index (κ3) is 2.46. The van der Waals surface area contributed by atoms with Crippen molar-refractivity contribution in [1.82, 2.24) is 10.3 Å². The van der Waals surface area contributed by atoms with Crippen LogP contribution in [0.4, 0.5) is 5.69 Å². The zero-order chi connectivity index (χ0) is 18.4. The minimum Gasteiger partial charge on any atom is -0.497 e. The van der Waals surface area contributed by atoms with Gasteiger partial charge in [-0.3, -0.25) is 14.4 Å². The molecule has 1 spiro atoms. The lowest BCUT2D eigenvalue weighted by Gasteiger charge is -2.29. The first-order valence-corrected chi connectivity index (χ1v) is 8.53. The molecule has 2 heterocycles. The van der Waals surface area contributed by atoms with E-state index in [1.807, 2.05) is 6.92 Å². The molecule has 2 aliphatic rings. The Bertz CT molecular complexity index is 809. The van der Waals surface area contributed by atoms with E-state index in [-0.39, 0.29) is 17.0 Å². The number of amides is 3. The van der Waals surface area contributed by atoms with Gasteiger partial charge in [0.05, 0.1) is 12.8 Å². The normalized spacial score (nSPS) is 21.4. The van der Waals surface area contributed by atoms with Crippen LogP contribution >= 0.6 is 11.8 Å². The summed E-state index contributed by atoms with van der Waals surface area (Å²) < 4.78 is 5.28. The molecular formula is C16H18N4O4S. The molecule has 0 aliphatic carbocycles. The van der Waals surface area contributed by atoms with Gasteiger partial charge in [-0.2, -0.15) is 5.01 Å². The van der Waals surface area contributed by atoms with Crippen LogP contribution in [0.25, 0.3) is 0 Å². The first-order chi connectivity index (χ1) is 11.8. The Morgan fingerprint density at radius 3 is 2.64 bits per heavy atom. The van der Waals surface area contributed by atoms with Gasteiger partial charge in [0.25, 0.3) is 5.91 Å². The largest absolute Gasteiger partial charge is 0.497 e. The Labute approximate surface area is 149 Å². The minimum absolute atomic E-state index is 0.211. The highest BCUT2D eigenvalue weighted by Crippen LogP contribution is 2.55. The zero-order valence-corrected chi connectivity index (χ0v) is 15.1. The highest BCUT2D eigenvalue weighted by Gasteiger charge is 2.61. The van der Waals surface area contributed by atoms with E-state index >= 15 is 0 Å². The van der Waals surface area contributed by atoms with Gasteiger partial charge in [0, 0.05) is 26.0 Å². The molecule has 132 valence electrons. The second-order valence-electron chi connectivity index (χ2n) is 5.60. The van der Waals surface area contributed by atoms with Crippen molar-refractivity contribution < 1.29 is 19.1 Å². The van der Waals surface area contributed by atoms with Crippen molar-refractivity contribution in [3.05, 3.63) is 23.8 Å². The smallest absolute Gasteiger partial charge is 0.270 e. The number of amidine groups is 1. The fourth-order valence-electron chi connectivity index (χ4n) is 3.03. The van der Waals surface area contributed by atoms with E-state index < -0.39 is 10.8 Å². The maximum Gasteiger partial charge on any atom is 0.270 e. The topological polar surface area (TPSA) is 91.3 Å². The van der Waals surface area contributed by atoms with Crippen molar-refractivity contribution in [2.24, 2.45) is 5.10 Å². The molecule has 8 nitrogen and oxygen atoms in total. The summed E-state index contributed by atoms with van der Waals surface area (Å²) in [7, 11) is 1.53. The number of hydrazone groups is 1. The average Bonchev–Trinajstić information content (AvgIpc) is 3.05. The number of ether oxygens (including phenoxy) is 1. The standard InChI is InChI=1S/C16H18N4O4S/c1-5-19-13-7-6-11(24-4)8-12(13)16(14(19)23)20(10(3)22)18-15(25-16)17-9(2)21/h6-8H,5H2,1-4H3,(H,17,18,21)/t16-/m1/s1. The van der Waals surface area contributed by atoms with Gasteiger partial charge in [-0.05, 0) is 36.9 Å². The van der Waals surface area contributed by atoms with Crippen LogP contribution in [0.5, 0.6) is 5.75 Å². The first-order valence-electron chi connectivity index (χ1n) is 7.71. The summed E-state index contributed by atoms with van der Waals surface area (Å²) in [5, 5.41) is 8.10. The number of thioether (sulfide) groups is 1. The molecule has 0 aromatic heterocycles. The number of rotatable bonds is 2. The molecule has 25 heavy (non-hydrogen) atoms. The van der Waals surface area contributed by atoms with Gasteiger partial charge in [-0.25, -0.2) is 0 Å². The maximum absolute atomic E-state index is 13.2. The number of methoxy groups -OCH3 is 1. The number of fused-ring (bicyclic) bond motifs is 2. The molecule has 1 N–H and O–H groups in total. The van der Waals surface area contributed by atoms with Crippen molar-refractivity contribution >= 4 is 40.3 Å². The monoisotopic (exact) mass is 362 g/mol. The van der Waals surface area contributed by atoms with Crippen molar-refractivity contribution in [1.29, 1.82) is 0 Å². The maximum atomic E-state index is 13.2. The van der Waals surface area contributed by atoms with Crippen LogP contribution in [-0.2, 0) is 19.3 Å². The van der Waals surface area contributed by atoms with Gasteiger partial charge >= 0.3 is 0 Å². The molecule has 2 aliphatic heterocycles. The molecule has 0 bridgehead atoms. The molecule has 0 saturated carbocycles. The van der Waals surface area contributed by atoms with Gasteiger partial charge < -0.3 is 15.0 Å². The van der Waals surface area contributed by atoms with Gasteiger partial charge in [-0.1, -0.05) is 0 Å². The molecule has 3 rings (SSSR count). The molecule has 3 amide bonds. The number of benzene rings is 1. The fourth-order valence-corrected chi connectivity index (χ4v) is 4.36. The highest BCUT2D eigenvalue weighted by molar-refractivity contribution is 8.15. The van der Waals surface area contributed by atoms with E-state index in [9.17, 15) is 14.4 Å². The lowest BCUT2D eigenvalue weighted by Crippen LogP contribution is -2.48. The fraction of sp³-hybridized carbons (Fsp3) is 0.375. The average molecular weight is 362 g/mol. The molecule has 1 aromatic carbocycles. The number of carbonyl (C=O) groups excluding carboxylic acids is 3. The summed E-state index contributed by atoms with van der Waals surface area (Å²) in [6, 6.07) is 5.29. The van der Waals surface area contributed by atoms with Gasteiger partial charge in [0.15, 0.2) is 5.17 Å². The number of nitrogens with one attached hydrogen (secondary N) is 1. The van der Waals surface area contributed by atoms with E-state index in [1.165, 1.54) is 21.0 Å². The third-order valence-electron chi connectivity index (χ3n) is 4.03. The number of likely N-dealkylation sites (N-methyl/N-ethyl adjacent to an activating group) is 1. The minimum atomic E-state index is -1.37. The van der Waals surface area contributed by atoms with E-state index in [2.05, 4.69) is 10.4 Å². The number of carbonyl (C=O) groups is 3. The van der Waals surface area contributed by atoms with Crippen molar-refractivity contribution in [3.8, 4) is 5.75 Å². The van der Waals surface area contributed by atoms with E-state index in [4.69, 9.17) is 4.74 Å². The Morgan fingerprint density at radius 1 is 1.36 bits per heavy atom. The van der Waals surface area contributed by atoms with Crippen LogP contribution in [0.3, 0.4) is 0 Å². The second-order valence-corrected chi connectivity index (χ2v) is 6.78. The van der Waals surface area contributed by atoms with Crippen LogP contribution in [-0.4, -0.2) is 41.6 Å². The highest BCUT2D eigenvalue weighted by atomic mass is 32.2.